The summed E-state index contributed by atoms with van der Waals surface area (Å²) in [6.45, 7) is 12.7. The van der Waals surface area contributed by atoms with Crippen molar-refractivity contribution in [2.45, 2.75) is 32.2 Å². The highest BCUT2D eigenvalue weighted by Crippen LogP contribution is 2.34. The molecule has 1 aromatic rings. The highest BCUT2D eigenvalue weighted by molar-refractivity contribution is 5.41. The summed E-state index contributed by atoms with van der Waals surface area (Å²) in [6.07, 6.45) is 2.98. The van der Waals surface area contributed by atoms with Gasteiger partial charge in [-0.05, 0) is 24.0 Å². The van der Waals surface area contributed by atoms with Crippen molar-refractivity contribution >= 4 is 0 Å². The first-order valence-electron chi connectivity index (χ1n) is 7.90. The number of piperazine rings is 1. The molecule has 0 saturated carbocycles. The van der Waals surface area contributed by atoms with Crippen LogP contribution in [0.4, 0.5) is 0 Å². The summed E-state index contributed by atoms with van der Waals surface area (Å²) in [5, 5.41) is 3.42. The van der Waals surface area contributed by atoms with Crippen molar-refractivity contribution in [2.75, 3.05) is 33.3 Å². The van der Waals surface area contributed by atoms with Gasteiger partial charge in [0.25, 0.3) is 0 Å². The number of nitrogens with one attached hydrogen (secondary N) is 1. The van der Waals surface area contributed by atoms with E-state index in [0.29, 0.717) is 12.0 Å². The maximum atomic E-state index is 5.62. The lowest BCUT2D eigenvalue weighted by Gasteiger charge is -2.35. The molecule has 0 bridgehead atoms. The molecule has 116 valence electrons. The molecule has 1 atom stereocenters. The van der Waals surface area contributed by atoms with E-state index in [1.165, 1.54) is 11.1 Å². The second-order valence-electron chi connectivity index (χ2n) is 5.98. The third kappa shape index (κ3) is 3.86. The molecule has 1 aromatic carbocycles. The number of methoxy groups -OCH3 is 1. The van der Waals surface area contributed by atoms with Crippen LogP contribution >= 0.6 is 0 Å². The van der Waals surface area contributed by atoms with Crippen molar-refractivity contribution < 1.29 is 4.74 Å². The third-order valence-electron chi connectivity index (χ3n) is 4.26. The zero-order valence-corrected chi connectivity index (χ0v) is 13.6. The van der Waals surface area contributed by atoms with E-state index in [2.05, 4.69) is 48.8 Å². The van der Waals surface area contributed by atoms with E-state index < -0.39 is 0 Å². The average molecular weight is 288 g/mol. The van der Waals surface area contributed by atoms with Gasteiger partial charge < -0.3 is 10.1 Å². The van der Waals surface area contributed by atoms with Gasteiger partial charge in [0.2, 0.25) is 0 Å². The molecule has 1 fully saturated rings. The van der Waals surface area contributed by atoms with Crippen LogP contribution in [0.2, 0.25) is 0 Å². The van der Waals surface area contributed by atoms with Crippen LogP contribution in [0, 0.1) is 0 Å². The summed E-state index contributed by atoms with van der Waals surface area (Å²) < 4.78 is 5.62. The zero-order valence-electron chi connectivity index (χ0n) is 13.6. The third-order valence-corrected chi connectivity index (χ3v) is 4.26. The summed E-state index contributed by atoms with van der Waals surface area (Å²) in [7, 11) is 1.76. The van der Waals surface area contributed by atoms with Crippen LogP contribution in [0.5, 0.6) is 5.75 Å². The fourth-order valence-corrected chi connectivity index (χ4v) is 3.00. The van der Waals surface area contributed by atoms with E-state index in [1.807, 2.05) is 6.08 Å². The molecule has 2 rings (SSSR count). The van der Waals surface area contributed by atoms with Crippen LogP contribution in [-0.4, -0.2) is 38.2 Å². The van der Waals surface area contributed by atoms with Crippen LogP contribution in [0.25, 0.3) is 0 Å². The van der Waals surface area contributed by atoms with Gasteiger partial charge in [-0.3, -0.25) is 4.90 Å². The quantitative estimate of drug-likeness (QED) is 0.813. The Labute approximate surface area is 129 Å². The lowest BCUT2D eigenvalue weighted by Crippen LogP contribution is -2.45. The van der Waals surface area contributed by atoms with Crippen LogP contribution in [-0.2, 0) is 0 Å². The maximum absolute atomic E-state index is 5.62. The molecule has 1 saturated heterocycles. The molecule has 21 heavy (non-hydrogen) atoms. The van der Waals surface area contributed by atoms with E-state index in [0.717, 1.165) is 38.3 Å². The fraction of sp³-hybridized carbons (Fsp3) is 0.556. The minimum atomic E-state index is 0.359. The fourth-order valence-electron chi connectivity index (χ4n) is 3.00. The number of hydrogen-bond donors (Lipinski definition) is 1. The molecule has 0 spiro atoms. The van der Waals surface area contributed by atoms with Crippen LogP contribution in [0.3, 0.4) is 0 Å². The van der Waals surface area contributed by atoms with Crippen molar-refractivity contribution in [2.24, 2.45) is 0 Å². The maximum Gasteiger partial charge on any atom is 0.123 e. The van der Waals surface area contributed by atoms with Crippen molar-refractivity contribution in [3.63, 3.8) is 0 Å². The molecule has 1 N–H and O–H groups in total. The number of nitrogens with zero attached hydrogens (tertiary/aromatic N) is 1. The molecular weight excluding hydrogens is 260 g/mol. The standard InChI is InChI=1S/C18H28N2O/c1-5-6-17(20-11-9-19-10-12-20)16-13-15(14(2)3)7-8-18(16)21-4/h5,7-8,13-14,17,19H,1,6,9-12H2,2-4H3/t17-/m0/s1. The Kier molecular flexibility index (Phi) is 5.83. The monoisotopic (exact) mass is 288 g/mol. The first kappa shape index (κ1) is 16.1. The Morgan fingerprint density at radius 1 is 1.33 bits per heavy atom. The Bertz CT molecular complexity index is 464. The van der Waals surface area contributed by atoms with Gasteiger partial charge in [-0.2, -0.15) is 0 Å². The first-order valence-corrected chi connectivity index (χ1v) is 7.90. The van der Waals surface area contributed by atoms with E-state index in [9.17, 15) is 0 Å². The average Bonchev–Trinajstić information content (AvgIpc) is 2.52. The van der Waals surface area contributed by atoms with Gasteiger partial charge in [-0.15, -0.1) is 6.58 Å². The molecule has 0 aliphatic carbocycles. The molecule has 0 aromatic heterocycles. The van der Waals surface area contributed by atoms with E-state index in [-0.39, 0.29) is 0 Å². The summed E-state index contributed by atoms with van der Waals surface area (Å²) in [5.74, 6) is 1.52. The van der Waals surface area contributed by atoms with Gasteiger partial charge in [-0.1, -0.05) is 32.1 Å². The number of ether oxygens (including phenoxy) is 1. The van der Waals surface area contributed by atoms with Crippen LogP contribution in [0.15, 0.2) is 30.9 Å². The minimum Gasteiger partial charge on any atom is -0.496 e. The first-order chi connectivity index (χ1) is 10.2. The zero-order chi connectivity index (χ0) is 15.2. The molecule has 0 amide bonds. The second kappa shape index (κ2) is 7.62. The van der Waals surface area contributed by atoms with E-state index in [4.69, 9.17) is 4.74 Å². The molecule has 3 heteroatoms. The minimum absolute atomic E-state index is 0.359. The van der Waals surface area contributed by atoms with Crippen molar-refractivity contribution in [3.05, 3.63) is 42.0 Å². The highest BCUT2D eigenvalue weighted by Gasteiger charge is 2.24. The van der Waals surface area contributed by atoms with Gasteiger partial charge in [0, 0.05) is 37.8 Å². The molecule has 1 aliphatic heterocycles. The Morgan fingerprint density at radius 2 is 2.05 bits per heavy atom. The Morgan fingerprint density at radius 3 is 2.62 bits per heavy atom. The molecule has 3 nitrogen and oxygen atoms in total. The molecule has 0 unspecified atom stereocenters. The van der Waals surface area contributed by atoms with E-state index in [1.54, 1.807) is 7.11 Å². The molecule has 1 aliphatic rings. The summed E-state index contributed by atoms with van der Waals surface area (Å²) in [6, 6.07) is 6.97. The molecule has 1 heterocycles. The van der Waals surface area contributed by atoms with Crippen LogP contribution < -0.4 is 10.1 Å². The Hall–Kier alpha value is -1.32. The van der Waals surface area contributed by atoms with Gasteiger partial charge >= 0.3 is 0 Å². The lowest BCUT2D eigenvalue weighted by atomic mass is 9.94. The summed E-state index contributed by atoms with van der Waals surface area (Å²) in [4.78, 5) is 2.54. The predicted molar refractivity (Wildman–Crippen MR) is 89.1 cm³/mol. The molecule has 0 radical (unpaired) electrons. The van der Waals surface area contributed by atoms with Gasteiger partial charge in [-0.25, -0.2) is 0 Å². The molecular formula is C18H28N2O. The Balaban J connectivity index is 2.36. The van der Waals surface area contributed by atoms with Gasteiger partial charge in [0.05, 0.1) is 7.11 Å². The summed E-state index contributed by atoms with van der Waals surface area (Å²) in [5.41, 5.74) is 2.67. The van der Waals surface area contributed by atoms with E-state index >= 15 is 0 Å². The largest absolute Gasteiger partial charge is 0.496 e. The van der Waals surface area contributed by atoms with Crippen molar-refractivity contribution in [1.82, 2.24) is 10.2 Å². The second-order valence-corrected chi connectivity index (χ2v) is 5.98. The smallest absolute Gasteiger partial charge is 0.123 e. The highest BCUT2D eigenvalue weighted by atomic mass is 16.5. The number of rotatable bonds is 6. The van der Waals surface area contributed by atoms with Gasteiger partial charge in [0.1, 0.15) is 5.75 Å². The SMILES string of the molecule is C=CC[C@@H](c1cc(C(C)C)ccc1OC)N1CCNCC1. The van der Waals surface area contributed by atoms with Gasteiger partial charge in [0.15, 0.2) is 0 Å². The van der Waals surface area contributed by atoms with Crippen LogP contribution in [0.1, 0.15) is 43.4 Å². The topological polar surface area (TPSA) is 24.5 Å². The number of benzene rings is 1. The lowest BCUT2D eigenvalue weighted by molar-refractivity contribution is 0.171. The van der Waals surface area contributed by atoms with Crippen molar-refractivity contribution in [3.8, 4) is 5.75 Å². The summed E-state index contributed by atoms with van der Waals surface area (Å²) >= 11 is 0. The number of hydrogen-bond acceptors (Lipinski definition) is 3. The van der Waals surface area contributed by atoms with Crippen molar-refractivity contribution in [1.29, 1.82) is 0 Å². The predicted octanol–water partition coefficient (Wildman–Crippen LogP) is 3.34. The normalized spacial score (nSPS) is 17.7.